The summed E-state index contributed by atoms with van der Waals surface area (Å²) in [4.78, 5) is 20.0. The fourth-order valence-electron chi connectivity index (χ4n) is 1.92. The van der Waals surface area contributed by atoms with Crippen LogP contribution in [0.15, 0.2) is 43.0 Å². The van der Waals surface area contributed by atoms with Gasteiger partial charge in [-0.25, -0.2) is 4.98 Å². The van der Waals surface area contributed by atoms with E-state index in [1.54, 1.807) is 30.9 Å². The number of hydrogen-bond donors (Lipinski definition) is 2. The number of aromatic amines is 1. The predicted molar refractivity (Wildman–Crippen MR) is 75.1 cm³/mol. The second kappa shape index (κ2) is 5.48. The van der Waals surface area contributed by atoms with Gasteiger partial charge in [-0.05, 0) is 24.1 Å². The molecule has 0 saturated carbocycles. The van der Waals surface area contributed by atoms with Gasteiger partial charge in [0.15, 0.2) is 0 Å². The van der Waals surface area contributed by atoms with Gasteiger partial charge in [-0.3, -0.25) is 14.9 Å². The lowest BCUT2D eigenvalue weighted by molar-refractivity contribution is -0.116. The molecule has 0 aliphatic heterocycles. The summed E-state index contributed by atoms with van der Waals surface area (Å²) in [5.41, 5.74) is 1.89. The fraction of sp³-hybridized carbons (Fsp3) is 0.143. The molecule has 100 valence electrons. The lowest BCUT2D eigenvalue weighted by atomic mass is 10.1. The summed E-state index contributed by atoms with van der Waals surface area (Å²) in [5, 5.41) is 10.4. The summed E-state index contributed by atoms with van der Waals surface area (Å²) in [6.45, 7) is 0. The first-order valence-electron chi connectivity index (χ1n) is 6.29. The van der Waals surface area contributed by atoms with E-state index in [0.717, 1.165) is 16.5 Å². The molecule has 0 fully saturated rings. The number of aryl methyl sites for hydroxylation is 1. The third kappa shape index (κ3) is 2.80. The molecule has 2 N–H and O–H groups in total. The minimum atomic E-state index is -0.0656. The zero-order valence-electron chi connectivity index (χ0n) is 10.7. The summed E-state index contributed by atoms with van der Waals surface area (Å²) >= 11 is 0. The van der Waals surface area contributed by atoms with Crippen molar-refractivity contribution in [3.63, 3.8) is 0 Å². The Bertz CT molecular complexity index is 723. The Morgan fingerprint density at radius 3 is 3.10 bits per heavy atom. The largest absolute Gasteiger partial charge is 0.311 e. The van der Waals surface area contributed by atoms with Crippen molar-refractivity contribution in [3.8, 4) is 0 Å². The summed E-state index contributed by atoms with van der Waals surface area (Å²) in [6.07, 6.45) is 7.89. The van der Waals surface area contributed by atoms with Crippen molar-refractivity contribution in [2.75, 3.05) is 5.32 Å². The summed E-state index contributed by atoms with van der Waals surface area (Å²) in [6, 6.07) is 5.61. The quantitative estimate of drug-likeness (QED) is 0.756. The van der Waals surface area contributed by atoms with Gasteiger partial charge in [0, 0.05) is 24.2 Å². The molecule has 3 heterocycles. The molecule has 0 spiro atoms. The first-order chi connectivity index (χ1) is 9.81. The standard InChI is InChI=1S/C14H13N5O/c20-14(4-3-10-2-1-5-15-7-10)18-13-6-11-8-17-19-12(11)9-16-13/h1-2,5-9H,3-4H2,(H,17,19)(H,16,18,20). The lowest BCUT2D eigenvalue weighted by Gasteiger charge is -2.04. The van der Waals surface area contributed by atoms with Crippen molar-refractivity contribution in [3.05, 3.63) is 48.5 Å². The fourth-order valence-corrected chi connectivity index (χ4v) is 1.92. The number of pyridine rings is 2. The minimum absolute atomic E-state index is 0.0656. The van der Waals surface area contributed by atoms with E-state index in [0.29, 0.717) is 18.7 Å². The van der Waals surface area contributed by atoms with Gasteiger partial charge in [0.25, 0.3) is 0 Å². The van der Waals surface area contributed by atoms with Crippen molar-refractivity contribution in [1.29, 1.82) is 0 Å². The number of H-pyrrole nitrogens is 1. The molecule has 0 aliphatic carbocycles. The number of fused-ring (bicyclic) bond motifs is 1. The van der Waals surface area contributed by atoms with Gasteiger partial charge in [0.1, 0.15) is 5.82 Å². The topological polar surface area (TPSA) is 83.6 Å². The zero-order chi connectivity index (χ0) is 13.8. The Balaban J connectivity index is 1.61. The average molecular weight is 267 g/mol. The maximum absolute atomic E-state index is 11.9. The molecular weight excluding hydrogens is 254 g/mol. The molecule has 0 unspecified atom stereocenters. The van der Waals surface area contributed by atoms with Crippen LogP contribution in [0, 0.1) is 0 Å². The van der Waals surface area contributed by atoms with Crippen LogP contribution in [0.3, 0.4) is 0 Å². The molecule has 1 amide bonds. The van der Waals surface area contributed by atoms with Crippen LogP contribution in [0.2, 0.25) is 0 Å². The number of rotatable bonds is 4. The van der Waals surface area contributed by atoms with Crippen molar-refractivity contribution < 1.29 is 4.79 Å². The number of amides is 1. The highest BCUT2D eigenvalue weighted by Crippen LogP contribution is 2.13. The van der Waals surface area contributed by atoms with E-state index in [-0.39, 0.29) is 5.91 Å². The van der Waals surface area contributed by atoms with Crippen LogP contribution in [0.5, 0.6) is 0 Å². The van der Waals surface area contributed by atoms with Crippen LogP contribution in [0.1, 0.15) is 12.0 Å². The summed E-state index contributed by atoms with van der Waals surface area (Å²) in [7, 11) is 0. The van der Waals surface area contributed by atoms with Crippen molar-refractivity contribution in [2.24, 2.45) is 0 Å². The zero-order valence-corrected chi connectivity index (χ0v) is 10.7. The number of carbonyl (C=O) groups excluding carboxylic acids is 1. The first kappa shape index (κ1) is 12.3. The molecule has 0 aliphatic rings. The van der Waals surface area contributed by atoms with E-state index in [1.807, 2.05) is 12.1 Å². The second-order valence-electron chi connectivity index (χ2n) is 4.44. The van der Waals surface area contributed by atoms with E-state index in [2.05, 4.69) is 25.5 Å². The minimum Gasteiger partial charge on any atom is -0.311 e. The highest BCUT2D eigenvalue weighted by atomic mass is 16.1. The number of nitrogens with one attached hydrogen (secondary N) is 2. The van der Waals surface area contributed by atoms with Gasteiger partial charge in [0.05, 0.1) is 17.9 Å². The molecular formula is C14H13N5O. The van der Waals surface area contributed by atoms with E-state index in [4.69, 9.17) is 0 Å². The van der Waals surface area contributed by atoms with Gasteiger partial charge >= 0.3 is 0 Å². The van der Waals surface area contributed by atoms with Crippen LogP contribution in [0.25, 0.3) is 10.9 Å². The highest BCUT2D eigenvalue weighted by molar-refractivity contribution is 5.92. The maximum atomic E-state index is 11.9. The molecule has 0 radical (unpaired) electrons. The monoisotopic (exact) mass is 267 g/mol. The number of aromatic nitrogens is 4. The lowest BCUT2D eigenvalue weighted by Crippen LogP contribution is -2.13. The molecule has 0 atom stereocenters. The van der Waals surface area contributed by atoms with E-state index in [9.17, 15) is 4.79 Å². The van der Waals surface area contributed by atoms with Gasteiger partial charge in [-0.1, -0.05) is 6.07 Å². The van der Waals surface area contributed by atoms with Gasteiger partial charge < -0.3 is 5.32 Å². The molecule has 3 aromatic heterocycles. The van der Waals surface area contributed by atoms with Crippen molar-refractivity contribution in [2.45, 2.75) is 12.8 Å². The van der Waals surface area contributed by atoms with Crippen molar-refractivity contribution >= 4 is 22.6 Å². The third-order valence-corrected chi connectivity index (χ3v) is 2.96. The smallest absolute Gasteiger partial charge is 0.225 e. The Labute approximate surface area is 115 Å². The Morgan fingerprint density at radius 1 is 1.30 bits per heavy atom. The molecule has 6 heteroatoms. The SMILES string of the molecule is O=C(CCc1cccnc1)Nc1cc2cn[nH]c2cn1. The van der Waals surface area contributed by atoms with E-state index in [1.165, 1.54) is 0 Å². The third-order valence-electron chi connectivity index (χ3n) is 2.96. The maximum Gasteiger partial charge on any atom is 0.225 e. The molecule has 6 nitrogen and oxygen atoms in total. The Kier molecular flexibility index (Phi) is 3.36. The summed E-state index contributed by atoms with van der Waals surface area (Å²) in [5.74, 6) is 0.472. The second-order valence-corrected chi connectivity index (χ2v) is 4.44. The van der Waals surface area contributed by atoms with Crippen LogP contribution in [-0.4, -0.2) is 26.1 Å². The normalized spacial score (nSPS) is 10.6. The Morgan fingerprint density at radius 2 is 2.25 bits per heavy atom. The van der Waals surface area contributed by atoms with Crippen LogP contribution in [-0.2, 0) is 11.2 Å². The molecule has 0 saturated heterocycles. The molecule has 0 aromatic carbocycles. The molecule has 20 heavy (non-hydrogen) atoms. The van der Waals surface area contributed by atoms with Crippen LogP contribution in [0.4, 0.5) is 5.82 Å². The Hall–Kier alpha value is -2.76. The summed E-state index contributed by atoms with van der Waals surface area (Å²) < 4.78 is 0. The molecule has 3 aromatic rings. The number of carbonyl (C=O) groups is 1. The van der Waals surface area contributed by atoms with Crippen LogP contribution < -0.4 is 5.32 Å². The molecule has 0 bridgehead atoms. The average Bonchev–Trinajstić information content (AvgIpc) is 2.94. The number of nitrogens with zero attached hydrogens (tertiary/aromatic N) is 3. The highest BCUT2D eigenvalue weighted by Gasteiger charge is 2.05. The number of hydrogen-bond acceptors (Lipinski definition) is 4. The van der Waals surface area contributed by atoms with Crippen LogP contribution >= 0.6 is 0 Å². The van der Waals surface area contributed by atoms with Gasteiger partial charge in [-0.2, -0.15) is 5.10 Å². The predicted octanol–water partition coefficient (Wildman–Crippen LogP) is 1.92. The number of anilines is 1. The first-order valence-corrected chi connectivity index (χ1v) is 6.29. The van der Waals surface area contributed by atoms with Gasteiger partial charge in [0.2, 0.25) is 5.91 Å². The van der Waals surface area contributed by atoms with E-state index < -0.39 is 0 Å². The van der Waals surface area contributed by atoms with Crippen molar-refractivity contribution in [1.82, 2.24) is 20.2 Å². The van der Waals surface area contributed by atoms with Gasteiger partial charge in [-0.15, -0.1) is 0 Å². The van der Waals surface area contributed by atoms with E-state index >= 15 is 0 Å². The molecule has 3 rings (SSSR count).